The van der Waals surface area contributed by atoms with Crippen molar-refractivity contribution in [3.05, 3.63) is 35.6 Å². The summed E-state index contributed by atoms with van der Waals surface area (Å²) < 4.78 is 0. The fraction of sp³-hybridized carbons (Fsp3) is 0.412. The number of para-hydroxylation sites is 1. The number of nitrogens with two attached hydrogens (primary N) is 1. The first-order valence-corrected chi connectivity index (χ1v) is 8.70. The zero-order valence-electron chi connectivity index (χ0n) is 13.6. The molecule has 128 valence electrons. The fourth-order valence-corrected chi connectivity index (χ4v) is 3.02. The van der Waals surface area contributed by atoms with Crippen molar-refractivity contribution in [3.8, 4) is 0 Å². The van der Waals surface area contributed by atoms with E-state index in [0.29, 0.717) is 22.3 Å². The van der Waals surface area contributed by atoms with Gasteiger partial charge in [-0.3, -0.25) is 0 Å². The van der Waals surface area contributed by atoms with E-state index >= 15 is 0 Å². The summed E-state index contributed by atoms with van der Waals surface area (Å²) in [5.41, 5.74) is 7.46. The van der Waals surface area contributed by atoms with E-state index in [-0.39, 0.29) is 0 Å². The first-order valence-electron chi connectivity index (χ1n) is 8.32. The summed E-state index contributed by atoms with van der Waals surface area (Å²) in [4.78, 5) is 10.9. The summed E-state index contributed by atoms with van der Waals surface area (Å²) in [6, 6.07) is 7.49. The van der Waals surface area contributed by atoms with Gasteiger partial charge in [-0.2, -0.15) is 0 Å². The normalized spacial score (nSPS) is 15.2. The van der Waals surface area contributed by atoms with Gasteiger partial charge in [0.05, 0.1) is 10.7 Å². The number of nitrogen functional groups attached to an aromatic ring is 1. The molecule has 3 rings (SSSR count). The molecule has 6 nitrogen and oxygen atoms in total. The summed E-state index contributed by atoms with van der Waals surface area (Å²) in [5, 5.41) is 7.09. The van der Waals surface area contributed by atoms with Crippen LogP contribution >= 0.6 is 11.6 Å². The SMILES string of the molecule is Nc1c(NCCN2CCCCC2)ncnc1Nc1ccccc1Cl. The number of hydrogen-bond acceptors (Lipinski definition) is 6. The van der Waals surface area contributed by atoms with Gasteiger partial charge in [-0.15, -0.1) is 0 Å². The van der Waals surface area contributed by atoms with Crippen LogP contribution in [0.4, 0.5) is 23.0 Å². The van der Waals surface area contributed by atoms with Crippen LogP contribution in [0.15, 0.2) is 30.6 Å². The van der Waals surface area contributed by atoms with Crippen molar-refractivity contribution in [2.45, 2.75) is 19.3 Å². The number of anilines is 4. The van der Waals surface area contributed by atoms with Gasteiger partial charge in [0.1, 0.15) is 12.0 Å². The second-order valence-corrected chi connectivity index (χ2v) is 6.33. The van der Waals surface area contributed by atoms with E-state index in [9.17, 15) is 0 Å². The summed E-state index contributed by atoms with van der Waals surface area (Å²) in [7, 11) is 0. The Bertz CT molecular complexity index is 672. The van der Waals surface area contributed by atoms with Gasteiger partial charge in [-0.1, -0.05) is 30.2 Å². The third-order valence-electron chi connectivity index (χ3n) is 4.18. The molecule has 1 saturated heterocycles. The zero-order valence-corrected chi connectivity index (χ0v) is 14.4. The second kappa shape index (κ2) is 8.17. The van der Waals surface area contributed by atoms with Crippen LogP contribution in [0.5, 0.6) is 0 Å². The van der Waals surface area contributed by atoms with E-state index in [4.69, 9.17) is 17.3 Å². The molecular weight excluding hydrogens is 324 g/mol. The lowest BCUT2D eigenvalue weighted by Crippen LogP contribution is -2.33. The van der Waals surface area contributed by atoms with Crippen LogP contribution in [0, 0.1) is 0 Å². The first-order chi connectivity index (χ1) is 11.7. The molecule has 0 saturated carbocycles. The summed E-state index contributed by atoms with van der Waals surface area (Å²) in [5.74, 6) is 1.20. The van der Waals surface area contributed by atoms with Crippen LogP contribution in [-0.2, 0) is 0 Å². The Morgan fingerprint density at radius 1 is 1.08 bits per heavy atom. The van der Waals surface area contributed by atoms with E-state index in [1.54, 1.807) is 0 Å². The van der Waals surface area contributed by atoms with Crippen LogP contribution in [0.1, 0.15) is 19.3 Å². The Hall–Kier alpha value is -2.05. The number of hydrogen-bond donors (Lipinski definition) is 3. The molecule has 1 fully saturated rings. The lowest BCUT2D eigenvalue weighted by Gasteiger charge is -2.26. The van der Waals surface area contributed by atoms with Crippen molar-refractivity contribution in [2.75, 3.05) is 42.5 Å². The second-order valence-electron chi connectivity index (χ2n) is 5.92. The highest BCUT2D eigenvalue weighted by Crippen LogP contribution is 2.29. The topological polar surface area (TPSA) is 79.1 Å². The van der Waals surface area contributed by atoms with Crippen LogP contribution in [0.2, 0.25) is 5.02 Å². The van der Waals surface area contributed by atoms with Gasteiger partial charge < -0.3 is 21.3 Å². The average Bonchev–Trinajstić information content (AvgIpc) is 2.61. The molecule has 1 aromatic heterocycles. The van der Waals surface area contributed by atoms with E-state index in [1.807, 2.05) is 24.3 Å². The maximum atomic E-state index is 6.19. The van der Waals surface area contributed by atoms with Crippen LogP contribution in [0.25, 0.3) is 0 Å². The number of halogens is 1. The molecule has 0 aliphatic carbocycles. The number of aromatic nitrogens is 2. The lowest BCUT2D eigenvalue weighted by molar-refractivity contribution is 0.237. The first kappa shape index (κ1) is 16.8. The third kappa shape index (κ3) is 4.27. The van der Waals surface area contributed by atoms with E-state index in [1.165, 1.54) is 38.7 Å². The quantitative estimate of drug-likeness (QED) is 0.744. The third-order valence-corrected chi connectivity index (χ3v) is 4.51. The number of nitrogens with zero attached hydrogens (tertiary/aromatic N) is 3. The zero-order chi connectivity index (χ0) is 16.8. The van der Waals surface area contributed by atoms with Gasteiger partial charge in [0, 0.05) is 13.1 Å². The van der Waals surface area contributed by atoms with Crippen molar-refractivity contribution in [2.24, 2.45) is 0 Å². The maximum absolute atomic E-state index is 6.19. The van der Waals surface area contributed by atoms with Gasteiger partial charge in [-0.05, 0) is 38.1 Å². The summed E-state index contributed by atoms with van der Waals surface area (Å²) in [6.07, 6.45) is 5.43. The van der Waals surface area contributed by atoms with Gasteiger partial charge >= 0.3 is 0 Å². The maximum Gasteiger partial charge on any atom is 0.159 e. The summed E-state index contributed by atoms with van der Waals surface area (Å²) in [6.45, 7) is 4.17. The molecule has 2 heterocycles. The molecule has 0 unspecified atom stereocenters. The number of nitrogens with one attached hydrogen (secondary N) is 2. The van der Waals surface area contributed by atoms with Gasteiger partial charge in [0.25, 0.3) is 0 Å². The minimum absolute atomic E-state index is 0.496. The van der Waals surface area contributed by atoms with Crippen molar-refractivity contribution in [1.82, 2.24) is 14.9 Å². The van der Waals surface area contributed by atoms with E-state index in [0.717, 1.165) is 18.8 Å². The largest absolute Gasteiger partial charge is 0.393 e. The Morgan fingerprint density at radius 3 is 2.62 bits per heavy atom. The van der Waals surface area contributed by atoms with Crippen molar-refractivity contribution >= 4 is 34.6 Å². The molecule has 1 aliphatic heterocycles. The highest BCUT2D eigenvalue weighted by atomic mass is 35.5. The molecule has 1 aromatic carbocycles. The molecule has 0 bridgehead atoms. The van der Waals surface area contributed by atoms with Crippen molar-refractivity contribution in [3.63, 3.8) is 0 Å². The van der Waals surface area contributed by atoms with Crippen LogP contribution in [-0.4, -0.2) is 41.0 Å². The van der Waals surface area contributed by atoms with Gasteiger partial charge in [-0.25, -0.2) is 9.97 Å². The highest BCUT2D eigenvalue weighted by Gasteiger charge is 2.12. The molecule has 0 amide bonds. The van der Waals surface area contributed by atoms with Gasteiger partial charge in [0.15, 0.2) is 11.6 Å². The monoisotopic (exact) mass is 346 g/mol. The molecule has 0 atom stereocenters. The van der Waals surface area contributed by atoms with Crippen molar-refractivity contribution in [1.29, 1.82) is 0 Å². The fourth-order valence-electron chi connectivity index (χ4n) is 2.84. The molecule has 0 radical (unpaired) electrons. The van der Waals surface area contributed by atoms with Gasteiger partial charge in [0.2, 0.25) is 0 Å². The Balaban J connectivity index is 1.61. The Morgan fingerprint density at radius 2 is 1.83 bits per heavy atom. The van der Waals surface area contributed by atoms with Crippen molar-refractivity contribution < 1.29 is 0 Å². The number of piperidine rings is 1. The standard InChI is InChI=1S/C17H23ClN6/c18-13-6-2-3-7-14(13)23-17-15(19)16(21-12-22-17)20-8-11-24-9-4-1-5-10-24/h2-3,6-7,12H,1,4-5,8-11,19H2,(H2,20,21,22,23). The van der Waals surface area contributed by atoms with Crippen LogP contribution in [0.3, 0.4) is 0 Å². The van der Waals surface area contributed by atoms with E-state index in [2.05, 4.69) is 25.5 Å². The molecule has 7 heteroatoms. The average molecular weight is 347 g/mol. The molecule has 24 heavy (non-hydrogen) atoms. The Kier molecular flexibility index (Phi) is 5.72. The predicted molar refractivity (Wildman–Crippen MR) is 100.0 cm³/mol. The summed E-state index contributed by atoms with van der Waals surface area (Å²) >= 11 is 6.17. The van der Waals surface area contributed by atoms with E-state index < -0.39 is 0 Å². The lowest BCUT2D eigenvalue weighted by atomic mass is 10.1. The van der Waals surface area contributed by atoms with Crippen LogP contribution < -0.4 is 16.4 Å². The Labute approximate surface area is 147 Å². The predicted octanol–water partition coefficient (Wildman–Crippen LogP) is 3.35. The minimum atomic E-state index is 0.496. The molecule has 4 N–H and O–H groups in total. The minimum Gasteiger partial charge on any atom is -0.393 e. The molecule has 2 aromatic rings. The molecule has 1 aliphatic rings. The smallest absolute Gasteiger partial charge is 0.159 e. The number of likely N-dealkylation sites (tertiary alicyclic amines) is 1. The highest BCUT2D eigenvalue weighted by molar-refractivity contribution is 6.33. The molecular formula is C17H23ClN6. The number of rotatable bonds is 6. The molecule has 0 spiro atoms. The number of benzene rings is 1.